The van der Waals surface area contributed by atoms with Crippen LogP contribution in [0.5, 0.6) is 0 Å². The van der Waals surface area contributed by atoms with Crippen molar-refractivity contribution in [3.05, 3.63) is 35.5 Å². The molecule has 0 saturated carbocycles. The summed E-state index contributed by atoms with van der Waals surface area (Å²) in [6, 6.07) is 8.04. The molecule has 0 aliphatic rings. The normalized spacial score (nSPS) is 11.0. The summed E-state index contributed by atoms with van der Waals surface area (Å²) < 4.78 is 6.85. The highest BCUT2D eigenvalue weighted by Crippen LogP contribution is 2.27. The zero-order chi connectivity index (χ0) is 16.3. The van der Waals surface area contributed by atoms with Gasteiger partial charge in [-0.1, -0.05) is 37.7 Å². The third kappa shape index (κ3) is 3.11. The average molecular weight is 319 g/mol. The van der Waals surface area contributed by atoms with Gasteiger partial charge in [0.25, 0.3) is 0 Å². The van der Waals surface area contributed by atoms with E-state index < -0.39 is 5.97 Å². The number of rotatable bonds is 5. The second kappa shape index (κ2) is 6.87. The number of benzene rings is 1. The molecule has 0 unspecified atom stereocenters. The van der Waals surface area contributed by atoms with Gasteiger partial charge < -0.3 is 10.5 Å². The number of anilines is 1. The third-order valence-corrected chi connectivity index (χ3v) is 3.98. The van der Waals surface area contributed by atoms with Crippen molar-refractivity contribution in [3.8, 4) is 5.69 Å². The van der Waals surface area contributed by atoms with Crippen LogP contribution in [0.4, 0.5) is 5.82 Å². The number of hydrogen-bond acceptors (Lipinski definition) is 5. The lowest BCUT2D eigenvalue weighted by Crippen LogP contribution is -2.13. The first-order chi connectivity index (χ1) is 10.5. The summed E-state index contributed by atoms with van der Waals surface area (Å²) >= 11 is 1.44. The highest BCUT2D eigenvalue weighted by Gasteiger charge is 2.23. The first-order valence-corrected chi connectivity index (χ1v) is 8.41. The molecule has 118 valence electrons. The van der Waals surface area contributed by atoms with E-state index in [1.54, 1.807) is 11.5 Å². The van der Waals surface area contributed by atoms with E-state index in [0.29, 0.717) is 17.7 Å². The Balaban J connectivity index is 2.55. The molecule has 0 fully saturated rings. The van der Waals surface area contributed by atoms with E-state index in [2.05, 4.69) is 31.0 Å². The van der Waals surface area contributed by atoms with Gasteiger partial charge in [-0.2, -0.15) is 0 Å². The van der Waals surface area contributed by atoms with Gasteiger partial charge in [0, 0.05) is 5.69 Å². The first kappa shape index (κ1) is 16.4. The fraction of sp³-hybridized carbons (Fsp3) is 0.375. The Labute approximate surface area is 134 Å². The predicted octanol–water partition coefficient (Wildman–Crippen LogP) is 3.48. The van der Waals surface area contributed by atoms with Crippen molar-refractivity contribution in [2.45, 2.75) is 31.8 Å². The van der Waals surface area contributed by atoms with Crippen molar-refractivity contribution >= 4 is 23.5 Å². The fourth-order valence-corrected chi connectivity index (χ4v) is 2.77. The van der Waals surface area contributed by atoms with Gasteiger partial charge >= 0.3 is 5.97 Å². The number of carbonyl (C=O) groups excluding carboxylic acids is 1. The molecule has 1 aromatic heterocycles. The second-order valence-electron chi connectivity index (χ2n) is 5.13. The molecule has 0 amide bonds. The molecule has 0 saturated heterocycles. The number of aromatic nitrogens is 2. The summed E-state index contributed by atoms with van der Waals surface area (Å²) in [5.74, 6) is 0.183. The van der Waals surface area contributed by atoms with Crippen LogP contribution in [-0.4, -0.2) is 28.4 Å². The number of carbonyl (C=O) groups is 1. The van der Waals surface area contributed by atoms with Crippen LogP contribution < -0.4 is 5.73 Å². The summed E-state index contributed by atoms with van der Waals surface area (Å²) in [4.78, 5) is 16.5. The molecule has 0 aliphatic heterocycles. The molecule has 6 heteroatoms. The van der Waals surface area contributed by atoms with Gasteiger partial charge in [0.2, 0.25) is 0 Å². The summed E-state index contributed by atoms with van der Waals surface area (Å²) in [6.45, 7) is 6.34. The fourth-order valence-electron chi connectivity index (χ4n) is 2.20. The first-order valence-electron chi connectivity index (χ1n) is 7.19. The number of imidazole rings is 1. The number of nitrogen functional groups attached to an aromatic ring is 1. The topological polar surface area (TPSA) is 70.1 Å². The molecule has 0 aliphatic carbocycles. The van der Waals surface area contributed by atoms with Crippen LogP contribution >= 0.6 is 11.8 Å². The molecule has 22 heavy (non-hydrogen) atoms. The van der Waals surface area contributed by atoms with Gasteiger partial charge in [0.05, 0.1) is 6.61 Å². The van der Waals surface area contributed by atoms with Crippen LogP contribution in [0.25, 0.3) is 5.69 Å². The smallest absolute Gasteiger partial charge is 0.359 e. The van der Waals surface area contributed by atoms with Crippen molar-refractivity contribution in [3.63, 3.8) is 0 Å². The van der Waals surface area contributed by atoms with Gasteiger partial charge in [-0.3, -0.25) is 4.57 Å². The zero-order valence-corrected chi connectivity index (χ0v) is 14.1. The van der Waals surface area contributed by atoms with E-state index in [1.165, 1.54) is 17.3 Å². The molecule has 0 bridgehead atoms. The van der Waals surface area contributed by atoms with Crippen molar-refractivity contribution in [2.24, 2.45) is 0 Å². The number of nitrogens with zero attached hydrogens (tertiary/aromatic N) is 2. The van der Waals surface area contributed by atoms with Gasteiger partial charge in [0.15, 0.2) is 16.7 Å². The SMILES string of the molecule is CCOC(=O)c1c(N)nc(SC)n1-c1ccc(C(C)C)cc1. The molecular formula is C16H21N3O2S. The highest BCUT2D eigenvalue weighted by atomic mass is 32.2. The van der Waals surface area contributed by atoms with Crippen LogP contribution in [0.15, 0.2) is 29.4 Å². The Hall–Kier alpha value is -1.95. The Morgan fingerprint density at radius 3 is 2.50 bits per heavy atom. The van der Waals surface area contributed by atoms with E-state index >= 15 is 0 Å². The molecular weight excluding hydrogens is 298 g/mol. The summed E-state index contributed by atoms with van der Waals surface area (Å²) in [5, 5.41) is 0.665. The number of ether oxygens (including phenoxy) is 1. The molecule has 2 N–H and O–H groups in total. The Kier molecular flexibility index (Phi) is 5.13. The predicted molar refractivity (Wildman–Crippen MR) is 89.8 cm³/mol. The molecule has 2 aromatic rings. The monoisotopic (exact) mass is 319 g/mol. The average Bonchev–Trinajstić information content (AvgIpc) is 2.84. The zero-order valence-electron chi connectivity index (χ0n) is 13.3. The summed E-state index contributed by atoms with van der Waals surface area (Å²) in [6.07, 6.45) is 1.90. The maximum atomic E-state index is 12.2. The van der Waals surface area contributed by atoms with Crippen LogP contribution in [0.3, 0.4) is 0 Å². The van der Waals surface area contributed by atoms with E-state index in [-0.39, 0.29) is 11.5 Å². The Bertz CT molecular complexity index is 663. The highest BCUT2D eigenvalue weighted by molar-refractivity contribution is 7.98. The third-order valence-electron chi connectivity index (χ3n) is 3.34. The number of nitrogens with two attached hydrogens (primary N) is 1. The number of esters is 1. The van der Waals surface area contributed by atoms with Crippen LogP contribution in [0, 0.1) is 0 Å². The largest absolute Gasteiger partial charge is 0.461 e. The molecule has 0 atom stereocenters. The van der Waals surface area contributed by atoms with Crippen molar-refractivity contribution in [1.82, 2.24) is 9.55 Å². The minimum absolute atomic E-state index is 0.190. The van der Waals surface area contributed by atoms with Crippen LogP contribution in [0.1, 0.15) is 42.7 Å². The van der Waals surface area contributed by atoms with Gasteiger partial charge in [0.1, 0.15) is 0 Å². The second-order valence-corrected chi connectivity index (χ2v) is 5.91. The number of thioether (sulfide) groups is 1. The molecule has 0 radical (unpaired) electrons. The molecule has 1 aromatic carbocycles. The minimum Gasteiger partial charge on any atom is -0.461 e. The van der Waals surface area contributed by atoms with E-state index in [0.717, 1.165) is 5.69 Å². The van der Waals surface area contributed by atoms with E-state index in [1.807, 2.05) is 18.4 Å². The van der Waals surface area contributed by atoms with E-state index in [4.69, 9.17) is 10.5 Å². The summed E-state index contributed by atoms with van der Waals surface area (Å²) in [7, 11) is 0. The lowest BCUT2D eigenvalue weighted by molar-refractivity contribution is 0.0517. The summed E-state index contributed by atoms with van der Waals surface area (Å²) in [5.41, 5.74) is 8.28. The Morgan fingerprint density at radius 2 is 2.00 bits per heavy atom. The van der Waals surface area contributed by atoms with Crippen molar-refractivity contribution in [1.29, 1.82) is 0 Å². The van der Waals surface area contributed by atoms with Crippen LogP contribution in [-0.2, 0) is 4.74 Å². The van der Waals surface area contributed by atoms with Gasteiger partial charge in [-0.25, -0.2) is 9.78 Å². The van der Waals surface area contributed by atoms with Crippen molar-refractivity contribution < 1.29 is 9.53 Å². The maximum absolute atomic E-state index is 12.2. The molecule has 0 spiro atoms. The Morgan fingerprint density at radius 1 is 1.36 bits per heavy atom. The number of hydrogen-bond donors (Lipinski definition) is 1. The minimum atomic E-state index is -0.458. The van der Waals surface area contributed by atoms with Crippen LogP contribution in [0.2, 0.25) is 0 Å². The quantitative estimate of drug-likeness (QED) is 0.675. The molecule has 1 heterocycles. The lowest BCUT2D eigenvalue weighted by atomic mass is 10.0. The molecule has 5 nitrogen and oxygen atoms in total. The van der Waals surface area contributed by atoms with Gasteiger partial charge in [-0.15, -0.1) is 0 Å². The van der Waals surface area contributed by atoms with E-state index in [9.17, 15) is 4.79 Å². The lowest BCUT2D eigenvalue weighted by Gasteiger charge is -2.12. The maximum Gasteiger partial charge on any atom is 0.359 e. The van der Waals surface area contributed by atoms with Gasteiger partial charge in [-0.05, 0) is 36.8 Å². The van der Waals surface area contributed by atoms with Crippen molar-refractivity contribution in [2.75, 3.05) is 18.6 Å². The standard InChI is InChI=1S/C16H21N3O2S/c1-5-21-15(20)13-14(17)18-16(22-4)19(13)12-8-6-11(7-9-12)10(2)3/h6-10H,5,17H2,1-4H3. The molecule has 2 rings (SSSR count).